The highest BCUT2D eigenvalue weighted by Gasteiger charge is 2.29. The molecule has 0 aliphatic carbocycles. The normalized spacial score (nSPS) is 11.3. The second-order valence-corrected chi connectivity index (χ2v) is 5.88. The van der Waals surface area contributed by atoms with E-state index in [2.05, 4.69) is 5.32 Å². The zero-order valence-corrected chi connectivity index (χ0v) is 13.8. The number of nitrogens with one attached hydrogen (secondary N) is 1. The molecule has 1 aromatic heterocycles. The first-order valence-electron chi connectivity index (χ1n) is 8.07. The fraction of sp³-hybridized carbons (Fsp3) is 0.150. The van der Waals surface area contributed by atoms with Crippen LogP contribution in [0, 0.1) is 0 Å². The van der Waals surface area contributed by atoms with Crippen molar-refractivity contribution in [3.8, 4) is 0 Å². The molecule has 3 nitrogen and oxygen atoms in total. The van der Waals surface area contributed by atoms with Crippen molar-refractivity contribution < 1.29 is 18.0 Å². The lowest BCUT2D eigenvalue weighted by Gasteiger charge is -2.11. The molecule has 0 spiro atoms. The molecule has 0 saturated carbocycles. The molecule has 1 heterocycles. The van der Waals surface area contributed by atoms with Crippen LogP contribution in [0.5, 0.6) is 0 Å². The van der Waals surface area contributed by atoms with Crippen molar-refractivity contribution >= 4 is 5.91 Å². The molecule has 0 aliphatic heterocycles. The maximum absolute atomic E-state index is 12.6. The van der Waals surface area contributed by atoms with Crippen LogP contribution < -0.4 is 5.32 Å². The molecule has 0 unspecified atom stereocenters. The SMILES string of the molecule is O=C(NCc1ccc(C(F)(F)F)cc1)c1cccn1Cc1ccccc1. The maximum Gasteiger partial charge on any atom is 0.416 e. The Morgan fingerprint density at radius 3 is 2.23 bits per heavy atom. The molecule has 26 heavy (non-hydrogen) atoms. The van der Waals surface area contributed by atoms with E-state index in [9.17, 15) is 18.0 Å². The monoisotopic (exact) mass is 358 g/mol. The van der Waals surface area contributed by atoms with Gasteiger partial charge in [-0.1, -0.05) is 42.5 Å². The molecule has 134 valence electrons. The van der Waals surface area contributed by atoms with Gasteiger partial charge in [0.1, 0.15) is 5.69 Å². The first kappa shape index (κ1) is 17.8. The van der Waals surface area contributed by atoms with Crippen molar-refractivity contribution in [3.05, 3.63) is 95.3 Å². The highest BCUT2D eigenvalue weighted by molar-refractivity contribution is 5.92. The fourth-order valence-corrected chi connectivity index (χ4v) is 2.62. The van der Waals surface area contributed by atoms with E-state index in [0.717, 1.165) is 17.7 Å². The maximum atomic E-state index is 12.6. The summed E-state index contributed by atoms with van der Waals surface area (Å²) in [5, 5.41) is 2.74. The predicted molar refractivity (Wildman–Crippen MR) is 92.6 cm³/mol. The van der Waals surface area contributed by atoms with Crippen LogP contribution in [0.25, 0.3) is 0 Å². The Kier molecular flexibility index (Phi) is 5.11. The summed E-state index contributed by atoms with van der Waals surface area (Å²) >= 11 is 0. The van der Waals surface area contributed by atoms with Gasteiger partial charge in [0.25, 0.3) is 5.91 Å². The average molecular weight is 358 g/mol. The van der Waals surface area contributed by atoms with Crippen molar-refractivity contribution in [2.75, 3.05) is 0 Å². The summed E-state index contributed by atoms with van der Waals surface area (Å²) < 4.78 is 39.5. The second-order valence-electron chi connectivity index (χ2n) is 5.88. The van der Waals surface area contributed by atoms with E-state index in [-0.39, 0.29) is 12.5 Å². The van der Waals surface area contributed by atoms with Crippen LogP contribution in [0.4, 0.5) is 13.2 Å². The van der Waals surface area contributed by atoms with Crippen LogP contribution in [0.1, 0.15) is 27.2 Å². The molecule has 6 heteroatoms. The van der Waals surface area contributed by atoms with Crippen molar-refractivity contribution in [2.24, 2.45) is 0 Å². The number of carbonyl (C=O) groups is 1. The zero-order valence-electron chi connectivity index (χ0n) is 13.8. The van der Waals surface area contributed by atoms with E-state index in [1.54, 1.807) is 12.1 Å². The minimum absolute atomic E-state index is 0.160. The summed E-state index contributed by atoms with van der Waals surface area (Å²) in [4.78, 5) is 12.4. The van der Waals surface area contributed by atoms with Gasteiger partial charge in [-0.3, -0.25) is 4.79 Å². The topological polar surface area (TPSA) is 34.0 Å². The Bertz CT molecular complexity index is 868. The number of nitrogens with zero attached hydrogens (tertiary/aromatic N) is 1. The summed E-state index contributed by atoms with van der Waals surface area (Å²) in [6.07, 6.45) is -2.54. The number of benzene rings is 2. The molecule has 1 N–H and O–H groups in total. The molecule has 2 aromatic carbocycles. The van der Waals surface area contributed by atoms with E-state index in [1.807, 2.05) is 41.1 Å². The quantitative estimate of drug-likeness (QED) is 0.717. The van der Waals surface area contributed by atoms with Gasteiger partial charge in [0.15, 0.2) is 0 Å². The van der Waals surface area contributed by atoms with Crippen LogP contribution in [0.3, 0.4) is 0 Å². The average Bonchev–Trinajstić information content (AvgIpc) is 3.08. The lowest BCUT2D eigenvalue weighted by Crippen LogP contribution is -2.25. The molecular formula is C20H17F3N2O. The number of hydrogen-bond acceptors (Lipinski definition) is 1. The summed E-state index contributed by atoms with van der Waals surface area (Å²) in [6, 6.07) is 18.0. The third-order valence-electron chi connectivity index (χ3n) is 3.99. The smallest absolute Gasteiger partial charge is 0.347 e. The molecule has 0 bridgehead atoms. The van der Waals surface area contributed by atoms with Gasteiger partial charge in [-0.2, -0.15) is 13.2 Å². The Labute approximate surface area is 149 Å². The third-order valence-corrected chi connectivity index (χ3v) is 3.99. The molecule has 1 amide bonds. The Morgan fingerprint density at radius 1 is 0.885 bits per heavy atom. The van der Waals surface area contributed by atoms with E-state index >= 15 is 0 Å². The fourth-order valence-electron chi connectivity index (χ4n) is 2.62. The van der Waals surface area contributed by atoms with Gasteiger partial charge in [0, 0.05) is 19.3 Å². The van der Waals surface area contributed by atoms with Crippen molar-refractivity contribution in [3.63, 3.8) is 0 Å². The molecule has 0 saturated heterocycles. The minimum Gasteiger partial charge on any atom is -0.347 e. The molecule has 0 aliphatic rings. The zero-order chi connectivity index (χ0) is 18.6. The number of carbonyl (C=O) groups excluding carboxylic acids is 1. The van der Waals surface area contributed by atoms with E-state index < -0.39 is 11.7 Å². The number of aromatic nitrogens is 1. The highest BCUT2D eigenvalue weighted by Crippen LogP contribution is 2.29. The molecule has 3 aromatic rings. The number of halogens is 3. The molecule has 3 rings (SSSR count). The standard InChI is InChI=1S/C20H17F3N2O/c21-20(22,23)17-10-8-15(9-11-17)13-24-19(26)18-7-4-12-25(18)14-16-5-2-1-3-6-16/h1-12H,13-14H2,(H,24,26). The van der Waals surface area contributed by atoms with Gasteiger partial charge in [-0.05, 0) is 35.4 Å². The van der Waals surface area contributed by atoms with Gasteiger partial charge >= 0.3 is 6.18 Å². The lowest BCUT2D eigenvalue weighted by molar-refractivity contribution is -0.137. The molecule has 0 fully saturated rings. The van der Waals surface area contributed by atoms with Gasteiger partial charge in [-0.25, -0.2) is 0 Å². The number of alkyl halides is 3. The third kappa shape index (κ3) is 4.33. The van der Waals surface area contributed by atoms with Crippen LogP contribution in [-0.4, -0.2) is 10.5 Å². The highest BCUT2D eigenvalue weighted by atomic mass is 19.4. The first-order valence-corrected chi connectivity index (χ1v) is 8.07. The summed E-state index contributed by atoms with van der Waals surface area (Å²) in [5.41, 5.74) is 1.47. The van der Waals surface area contributed by atoms with Crippen LogP contribution in [0.2, 0.25) is 0 Å². The van der Waals surface area contributed by atoms with Crippen LogP contribution >= 0.6 is 0 Å². The van der Waals surface area contributed by atoms with Crippen LogP contribution in [0.15, 0.2) is 72.9 Å². The van der Waals surface area contributed by atoms with Crippen molar-refractivity contribution in [2.45, 2.75) is 19.3 Å². The summed E-state index contributed by atoms with van der Waals surface area (Å²) in [6.45, 7) is 0.727. The number of rotatable bonds is 5. The summed E-state index contributed by atoms with van der Waals surface area (Å²) in [7, 11) is 0. The minimum atomic E-state index is -4.36. The Balaban J connectivity index is 1.63. The van der Waals surface area contributed by atoms with E-state index in [1.165, 1.54) is 12.1 Å². The predicted octanol–water partition coefficient (Wildman–Crippen LogP) is 4.49. The Hall–Kier alpha value is -3.02. The van der Waals surface area contributed by atoms with Crippen molar-refractivity contribution in [1.29, 1.82) is 0 Å². The summed E-state index contributed by atoms with van der Waals surface area (Å²) in [5.74, 6) is -0.272. The molecule has 0 radical (unpaired) electrons. The van der Waals surface area contributed by atoms with Crippen molar-refractivity contribution in [1.82, 2.24) is 9.88 Å². The van der Waals surface area contributed by atoms with E-state index in [0.29, 0.717) is 17.8 Å². The molecule has 0 atom stereocenters. The largest absolute Gasteiger partial charge is 0.416 e. The van der Waals surface area contributed by atoms with Gasteiger partial charge < -0.3 is 9.88 Å². The number of amides is 1. The van der Waals surface area contributed by atoms with Gasteiger partial charge in [0.2, 0.25) is 0 Å². The van der Waals surface area contributed by atoms with Gasteiger partial charge in [-0.15, -0.1) is 0 Å². The van der Waals surface area contributed by atoms with E-state index in [4.69, 9.17) is 0 Å². The Morgan fingerprint density at radius 2 is 1.58 bits per heavy atom. The molecular weight excluding hydrogens is 341 g/mol. The second kappa shape index (κ2) is 7.47. The van der Waals surface area contributed by atoms with Crippen LogP contribution in [-0.2, 0) is 19.3 Å². The lowest BCUT2D eigenvalue weighted by atomic mass is 10.1. The van der Waals surface area contributed by atoms with Gasteiger partial charge in [0.05, 0.1) is 5.56 Å². The number of hydrogen-bond donors (Lipinski definition) is 1. The first-order chi connectivity index (χ1) is 12.4.